The molecule has 0 spiro atoms. The van der Waals surface area contributed by atoms with Gasteiger partial charge in [0.2, 0.25) is 5.91 Å². The summed E-state index contributed by atoms with van der Waals surface area (Å²) < 4.78 is 0. The number of hydrogen-bond donors (Lipinski definition) is 1. The van der Waals surface area contributed by atoms with Crippen LogP contribution in [0.5, 0.6) is 0 Å². The average Bonchev–Trinajstić information content (AvgIpc) is 2.01. The van der Waals surface area contributed by atoms with Crippen LogP contribution in [-0.4, -0.2) is 14.1 Å². The molecule has 1 aromatic rings. The maximum absolute atomic E-state index is 11.7. The van der Waals surface area contributed by atoms with Crippen molar-refractivity contribution in [3.8, 4) is 0 Å². The molecular formula is C11H17NOSi. The standard InChI is InChI=1S/C11H17NOSi/c1-9-6-5-7-10(8-9)11(13)12-14(2,3)4/h5-8H,1-4H3,(H,12,13). The molecule has 3 heteroatoms. The molecule has 1 rings (SSSR count). The van der Waals surface area contributed by atoms with Gasteiger partial charge in [-0.25, -0.2) is 0 Å². The van der Waals surface area contributed by atoms with Gasteiger partial charge in [0.25, 0.3) is 0 Å². The summed E-state index contributed by atoms with van der Waals surface area (Å²) in [6.07, 6.45) is 0. The Morgan fingerprint density at radius 2 is 1.93 bits per heavy atom. The summed E-state index contributed by atoms with van der Waals surface area (Å²) in [6, 6.07) is 7.66. The molecule has 0 bridgehead atoms. The van der Waals surface area contributed by atoms with Crippen LogP contribution < -0.4 is 4.98 Å². The maximum atomic E-state index is 11.7. The van der Waals surface area contributed by atoms with Gasteiger partial charge in [-0.05, 0) is 19.1 Å². The summed E-state index contributed by atoms with van der Waals surface area (Å²) >= 11 is 0. The van der Waals surface area contributed by atoms with Gasteiger partial charge in [0.1, 0.15) is 8.24 Å². The van der Waals surface area contributed by atoms with E-state index in [2.05, 4.69) is 24.6 Å². The third-order valence-corrected chi connectivity index (χ3v) is 2.75. The van der Waals surface area contributed by atoms with Crippen molar-refractivity contribution in [2.24, 2.45) is 0 Å². The van der Waals surface area contributed by atoms with Crippen LogP contribution >= 0.6 is 0 Å². The van der Waals surface area contributed by atoms with Crippen molar-refractivity contribution in [1.29, 1.82) is 0 Å². The van der Waals surface area contributed by atoms with E-state index in [-0.39, 0.29) is 5.91 Å². The highest BCUT2D eigenvalue weighted by atomic mass is 28.3. The van der Waals surface area contributed by atoms with Crippen molar-refractivity contribution >= 4 is 14.1 Å². The van der Waals surface area contributed by atoms with E-state index in [1.165, 1.54) is 0 Å². The molecule has 0 aliphatic carbocycles. The highest BCUT2D eigenvalue weighted by Gasteiger charge is 2.17. The van der Waals surface area contributed by atoms with E-state index < -0.39 is 8.24 Å². The second-order valence-corrected chi connectivity index (χ2v) is 9.32. The van der Waals surface area contributed by atoms with E-state index in [4.69, 9.17) is 0 Å². The van der Waals surface area contributed by atoms with E-state index in [0.717, 1.165) is 11.1 Å². The topological polar surface area (TPSA) is 29.1 Å². The number of aryl methyl sites for hydroxylation is 1. The zero-order valence-corrected chi connectivity index (χ0v) is 10.2. The minimum absolute atomic E-state index is 0.0490. The molecule has 0 heterocycles. The van der Waals surface area contributed by atoms with Crippen molar-refractivity contribution in [3.63, 3.8) is 0 Å². The second-order valence-electron chi connectivity index (χ2n) is 4.57. The first kappa shape index (κ1) is 11.0. The number of carbonyl (C=O) groups is 1. The highest BCUT2D eigenvalue weighted by molar-refractivity contribution is 6.76. The largest absolute Gasteiger partial charge is 0.378 e. The Morgan fingerprint density at radius 3 is 2.43 bits per heavy atom. The summed E-state index contributed by atoms with van der Waals surface area (Å²) in [5.74, 6) is 0.0490. The minimum Gasteiger partial charge on any atom is -0.378 e. The van der Waals surface area contributed by atoms with Crippen LogP contribution in [0.1, 0.15) is 15.9 Å². The third-order valence-electron chi connectivity index (χ3n) is 1.77. The Bertz CT molecular complexity index is 341. The maximum Gasteiger partial charge on any atom is 0.243 e. The normalized spacial score (nSPS) is 11.1. The molecule has 0 aliphatic rings. The van der Waals surface area contributed by atoms with Gasteiger partial charge in [-0.3, -0.25) is 4.79 Å². The molecule has 76 valence electrons. The highest BCUT2D eigenvalue weighted by Crippen LogP contribution is 2.05. The van der Waals surface area contributed by atoms with Crippen LogP contribution in [0.15, 0.2) is 24.3 Å². The summed E-state index contributed by atoms with van der Waals surface area (Å²) in [4.78, 5) is 14.8. The SMILES string of the molecule is Cc1cccc(C(=O)N[Si](C)(C)C)c1. The summed E-state index contributed by atoms with van der Waals surface area (Å²) in [5, 5.41) is 0. The lowest BCUT2D eigenvalue weighted by atomic mass is 10.1. The predicted octanol–water partition coefficient (Wildman–Crippen LogP) is 2.56. The number of nitrogens with one attached hydrogen (secondary N) is 1. The monoisotopic (exact) mass is 207 g/mol. The van der Waals surface area contributed by atoms with Gasteiger partial charge in [-0.15, -0.1) is 0 Å². The fourth-order valence-electron chi connectivity index (χ4n) is 1.20. The third kappa shape index (κ3) is 3.34. The number of hydrogen-bond acceptors (Lipinski definition) is 1. The molecular weight excluding hydrogens is 190 g/mol. The van der Waals surface area contributed by atoms with Crippen molar-refractivity contribution < 1.29 is 4.79 Å². The molecule has 2 nitrogen and oxygen atoms in total. The molecule has 14 heavy (non-hydrogen) atoms. The van der Waals surface area contributed by atoms with Crippen LogP contribution in [0.4, 0.5) is 0 Å². The van der Waals surface area contributed by atoms with Gasteiger partial charge >= 0.3 is 0 Å². The van der Waals surface area contributed by atoms with Crippen molar-refractivity contribution in [2.45, 2.75) is 26.6 Å². The van der Waals surface area contributed by atoms with E-state index in [1.807, 2.05) is 31.2 Å². The Kier molecular flexibility index (Phi) is 3.11. The van der Waals surface area contributed by atoms with Crippen LogP contribution in [0, 0.1) is 6.92 Å². The summed E-state index contributed by atoms with van der Waals surface area (Å²) in [7, 11) is -1.52. The number of benzene rings is 1. The lowest BCUT2D eigenvalue weighted by Gasteiger charge is -2.17. The van der Waals surface area contributed by atoms with E-state index in [9.17, 15) is 4.79 Å². The number of amides is 1. The first-order valence-electron chi connectivity index (χ1n) is 4.78. The van der Waals surface area contributed by atoms with E-state index in [0.29, 0.717) is 0 Å². The summed E-state index contributed by atoms with van der Waals surface area (Å²) in [6.45, 7) is 8.33. The molecule has 1 aromatic carbocycles. The molecule has 0 radical (unpaired) electrons. The van der Waals surface area contributed by atoms with Crippen molar-refractivity contribution in [3.05, 3.63) is 35.4 Å². The average molecular weight is 207 g/mol. The Morgan fingerprint density at radius 1 is 1.29 bits per heavy atom. The molecule has 0 unspecified atom stereocenters. The van der Waals surface area contributed by atoms with Gasteiger partial charge in [-0.1, -0.05) is 37.3 Å². The molecule has 1 N–H and O–H groups in total. The van der Waals surface area contributed by atoms with Crippen LogP contribution in [0.2, 0.25) is 19.6 Å². The van der Waals surface area contributed by atoms with E-state index in [1.54, 1.807) is 0 Å². The lowest BCUT2D eigenvalue weighted by Crippen LogP contribution is -2.45. The Balaban J connectivity index is 2.80. The molecule has 0 fully saturated rings. The Labute approximate surface area is 86.4 Å². The molecule has 0 aromatic heterocycles. The van der Waals surface area contributed by atoms with Gasteiger partial charge < -0.3 is 4.98 Å². The zero-order chi connectivity index (χ0) is 10.8. The molecule has 0 atom stereocenters. The van der Waals surface area contributed by atoms with Crippen molar-refractivity contribution in [1.82, 2.24) is 4.98 Å². The number of carbonyl (C=O) groups excluding carboxylic acids is 1. The fourth-order valence-corrected chi connectivity index (χ4v) is 2.02. The quantitative estimate of drug-likeness (QED) is 0.742. The minimum atomic E-state index is -1.52. The molecule has 0 saturated heterocycles. The van der Waals surface area contributed by atoms with Crippen LogP contribution in [0.3, 0.4) is 0 Å². The predicted molar refractivity (Wildman–Crippen MR) is 62.0 cm³/mol. The first-order chi connectivity index (χ1) is 6.38. The lowest BCUT2D eigenvalue weighted by molar-refractivity contribution is 0.0978. The van der Waals surface area contributed by atoms with E-state index >= 15 is 0 Å². The van der Waals surface area contributed by atoms with Crippen molar-refractivity contribution in [2.75, 3.05) is 0 Å². The smallest absolute Gasteiger partial charge is 0.243 e. The molecule has 0 aliphatic heterocycles. The molecule has 0 saturated carbocycles. The Hall–Kier alpha value is -1.09. The first-order valence-corrected chi connectivity index (χ1v) is 8.28. The van der Waals surface area contributed by atoms with Gasteiger partial charge in [-0.2, -0.15) is 0 Å². The van der Waals surface area contributed by atoms with Gasteiger partial charge in [0, 0.05) is 5.56 Å². The zero-order valence-electron chi connectivity index (χ0n) is 9.22. The number of rotatable bonds is 2. The van der Waals surface area contributed by atoms with Gasteiger partial charge in [0.15, 0.2) is 0 Å². The van der Waals surface area contributed by atoms with Gasteiger partial charge in [0.05, 0.1) is 0 Å². The van der Waals surface area contributed by atoms with Crippen LogP contribution in [0.25, 0.3) is 0 Å². The second kappa shape index (κ2) is 3.96. The van der Waals surface area contributed by atoms with Crippen LogP contribution in [-0.2, 0) is 0 Å². The summed E-state index contributed by atoms with van der Waals surface area (Å²) in [5.41, 5.74) is 1.88. The molecule has 1 amide bonds. The fraction of sp³-hybridized carbons (Fsp3) is 0.364.